The van der Waals surface area contributed by atoms with Crippen LogP contribution in [0.2, 0.25) is 0 Å². The van der Waals surface area contributed by atoms with Crippen LogP contribution >= 0.6 is 0 Å². The number of benzene rings is 2. The summed E-state index contributed by atoms with van der Waals surface area (Å²) in [5.74, 6) is 0.479. The summed E-state index contributed by atoms with van der Waals surface area (Å²) < 4.78 is 5.40. The number of nitrogens with zero attached hydrogens (tertiary/aromatic N) is 2. The Hall–Kier alpha value is -3.26. The van der Waals surface area contributed by atoms with Gasteiger partial charge in [0.15, 0.2) is 0 Å². The molecular formula is C22H25N3O2. The lowest BCUT2D eigenvalue weighted by Crippen LogP contribution is -2.37. The highest BCUT2D eigenvalue weighted by atomic mass is 16.5. The Balaban J connectivity index is 2.11. The molecule has 0 saturated carbocycles. The van der Waals surface area contributed by atoms with Gasteiger partial charge in [0.05, 0.1) is 6.61 Å². The van der Waals surface area contributed by atoms with Crippen molar-refractivity contribution in [3.8, 4) is 11.8 Å². The first-order chi connectivity index (χ1) is 13.0. The van der Waals surface area contributed by atoms with Crippen molar-refractivity contribution >= 4 is 11.6 Å². The third kappa shape index (κ3) is 5.89. The molecule has 0 spiro atoms. The minimum absolute atomic E-state index is 0.0278. The third-order valence-corrected chi connectivity index (χ3v) is 3.98. The van der Waals surface area contributed by atoms with E-state index in [2.05, 4.69) is 5.32 Å². The largest absolute Gasteiger partial charge is 0.494 e. The summed E-state index contributed by atoms with van der Waals surface area (Å²) in [4.78, 5) is 14.5. The number of nitriles is 1. The minimum Gasteiger partial charge on any atom is -0.494 e. The van der Waals surface area contributed by atoms with E-state index in [1.807, 2.05) is 81.4 Å². The molecule has 0 heterocycles. The molecule has 27 heavy (non-hydrogen) atoms. The summed E-state index contributed by atoms with van der Waals surface area (Å²) >= 11 is 0. The second-order valence-corrected chi connectivity index (χ2v) is 6.28. The van der Waals surface area contributed by atoms with Gasteiger partial charge in [-0.25, -0.2) is 0 Å². The highest BCUT2D eigenvalue weighted by Gasteiger charge is 2.21. The maximum absolute atomic E-state index is 12.9. The molecular weight excluding hydrogens is 338 g/mol. The number of hydrogen-bond acceptors (Lipinski definition) is 4. The highest BCUT2D eigenvalue weighted by Crippen LogP contribution is 2.17. The van der Waals surface area contributed by atoms with Crippen LogP contribution in [0.3, 0.4) is 0 Å². The molecule has 0 aliphatic carbocycles. The molecule has 0 radical (unpaired) electrons. The van der Waals surface area contributed by atoms with Gasteiger partial charge in [0.25, 0.3) is 5.91 Å². The van der Waals surface area contributed by atoms with Gasteiger partial charge in [0, 0.05) is 24.5 Å². The molecule has 2 rings (SSSR count). The van der Waals surface area contributed by atoms with Crippen LogP contribution in [-0.4, -0.2) is 23.5 Å². The molecule has 1 N–H and O–H groups in total. The molecule has 0 atom stereocenters. The maximum atomic E-state index is 12.9. The number of hydrogen-bond donors (Lipinski definition) is 1. The average molecular weight is 363 g/mol. The van der Waals surface area contributed by atoms with Crippen LogP contribution in [0.25, 0.3) is 0 Å². The molecule has 0 aromatic heterocycles. The molecule has 0 unspecified atom stereocenters. The fraction of sp³-hybridized carbons (Fsp3) is 0.273. The topological polar surface area (TPSA) is 65.4 Å². The zero-order valence-electron chi connectivity index (χ0n) is 16.0. The average Bonchev–Trinajstić information content (AvgIpc) is 2.68. The van der Waals surface area contributed by atoms with Crippen molar-refractivity contribution in [1.82, 2.24) is 4.90 Å². The molecule has 2 aromatic rings. The molecule has 140 valence electrons. The van der Waals surface area contributed by atoms with Crippen LogP contribution in [-0.2, 0) is 11.3 Å². The summed E-state index contributed by atoms with van der Waals surface area (Å²) in [5.41, 5.74) is 1.86. The van der Waals surface area contributed by atoms with Crippen molar-refractivity contribution < 1.29 is 9.53 Å². The Morgan fingerprint density at radius 1 is 1.19 bits per heavy atom. The predicted octanol–water partition coefficient (Wildman–Crippen LogP) is 4.34. The van der Waals surface area contributed by atoms with E-state index in [4.69, 9.17) is 4.74 Å². The fourth-order valence-electron chi connectivity index (χ4n) is 2.54. The van der Waals surface area contributed by atoms with Gasteiger partial charge in [-0.2, -0.15) is 5.26 Å². The van der Waals surface area contributed by atoms with Crippen LogP contribution in [0.4, 0.5) is 5.69 Å². The number of nitrogens with one attached hydrogen (secondary N) is 1. The monoisotopic (exact) mass is 363 g/mol. The third-order valence-electron chi connectivity index (χ3n) is 3.98. The summed E-state index contributed by atoms with van der Waals surface area (Å²) in [7, 11) is 0. The van der Waals surface area contributed by atoms with Crippen LogP contribution in [0.15, 0.2) is 66.4 Å². The first kappa shape index (κ1) is 20.1. The van der Waals surface area contributed by atoms with Crippen molar-refractivity contribution in [3.63, 3.8) is 0 Å². The van der Waals surface area contributed by atoms with E-state index in [1.165, 1.54) is 6.20 Å². The lowest BCUT2D eigenvalue weighted by Gasteiger charge is -2.26. The molecule has 0 saturated heterocycles. The van der Waals surface area contributed by atoms with Crippen LogP contribution in [0, 0.1) is 11.3 Å². The summed E-state index contributed by atoms with van der Waals surface area (Å²) in [6, 6.07) is 19.1. The highest BCUT2D eigenvalue weighted by molar-refractivity contribution is 5.97. The van der Waals surface area contributed by atoms with Crippen molar-refractivity contribution in [1.29, 1.82) is 5.26 Å². The zero-order chi connectivity index (χ0) is 19.6. The summed E-state index contributed by atoms with van der Waals surface area (Å²) in [6.45, 7) is 6.87. The standard InChI is InChI=1S/C22H25N3O2/c1-4-27-21-12-10-20(11-13-21)24-15-19(14-23)22(26)25(17(2)3)16-18-8-6-5-7-9-18/h5-13,15,17,24H,4,16H2,1-3H3/b19-15-. The van der Waals surface area contributed by atoms with Crippen molar-refractivity contribution in [2.24, 2.45) is 0 Å². The van der Waals surface area contributed by atoms with Gasteiger partial charge >= 0.3 is 0 Å². The molecule has 0 fully saturated rings. The van der Waals surface area contributed by atoms with E-state index in [1.54, 1.807) is 4.90 Å². The van der Waals surface area contributed by atoms with Crippen molar-refractivity contribution in [2.75, 3.05) is 11.9 Å². The fourth-order valence-corrected chi connectivity index (χ4v) is 2.54. The number of carbonyl (C=O) groups is 1. The molecule has 0 aliphatic rings. The van der Waals surface area contributed by atoms with Gasteiger partial charge in [-0.15, -0.1) is 0 Å². The van der Waals surface area contributed by atoms with Gasteiger partial charge in [-0.05, 0) is 50.6 Å². The van der Waals surface area contributed by atoms with E-state index in [0.717, 1.165) is 17.0 Å². The molecule has 0 aliphatic heterocycles. The molecule has 5 nitrogen and oxygen atoms in total. The number of ether oxygens (including phenoxy) is 1. The minimum atomic E-state index is -0.296. The first-order valence-electron chi connectivity index (χ1n) is 8.99. The normalized spacial score (nSPS) is 11.0. The van der Waals surface area contributed by atoms with E-state index >= 15 is 0 Å². The van der Waals surface area contributed by atoms with Gasteiger partial charge in [0.1, 0.15) is 17.4 Å². The molecule has 0 bridgehead atoms. The quantitative estimate of drug-likeness (QED) is 0.560. The van der Waals surface area contributed by atoms with Gasteiger partial charge in [0.2, 0.25) is 0 Å². The van der Waals surface area contributed by atoms with Crippen LogP contribution < -0.4 is 10.1 Å². The van der Waals surface area contributed by atoms with Crippen molar-refractivity contribution in [2.45, 2.75) is 33.4 Å². The zero-order valence-corrected chi connectivity index (χ0v) is 16.0. The maximum Gasteiger partial charge on any atom is 0.266 e. The number of rotatable bonds is 8. The van der Waals surface area contributed by atoms with E-state index in [0.29, 0.717) is 13.2 Å². The summed E-state index contributed by atoms with van der Waals surface area (Å²) in [6.07, 6.45) is 1.46. The predicted molar refractivity (Wildman–Crippen MR) is 107 cm³/mol. The Morgan fingerprint density at radius 2 is 1.85 bits per heavy atom. The number of amides is 1. The Labute approximate surface area is 160 Å². The Bertz CT molecular complexity index is 806. The van der Waals surface area contributed by atoms with Crippen LogP contribution in [0.1, 0.15) is 26.3 Å². The molecule has 2 aromatic carbocycles. The lowest BCUT2D eigenvalue weighted by molar-refractivity contribution is -0.129. The Morgan fingerprint density at radius 3 is 2.41 bits per heavy atom. The van der Waals surface area contributed by atoms with Crippen LogP contribution in [0.5, 0.6) is 5.75 Å². The van der Waals surface area contributed by atoms with E-state index < -0.39 is 0 Å². The van der Waals surface area contributed by atoms with E-state index in [9.17, 15) is 10.1 Å². The van der Waals surface area contributed by atoms with Crippen molar-refractivity contribution in [3.05, 3.63) is 71.9 Å². The summed E-state index contributed by atoms with van der Waals surface area (Å²) in [5, 5.41) is 12.5. The molecule has 5 heteroatoms. The first-order valence-corrected chi connectivity index (χ1v) is 8.99. The smallest absolute Gasteiger partial charge is 0.266 e. The second-order valence-electron chi connectivity index (χ2n) is 6.28. The van der Waals surface area contributed by atoms with E-state index in [-0.39, 0.29) is 17.5 Å². The van der Waals surface area contributed by atoms with Gasteiger partial charge < -0.3 is 15.0 Å². The number of anilines is 1. The Kier molecular flexibility index (Phi) is 7.45. The SMILES string of the molecule is CCOc1ccc(N/C=C(/C#N)C(=O)N(Cc2ccccc2)C(C)C)cc1. The lowest BCUT2D eigenvalue weighted by atomic mass is 10.1. The van der Waals surface area contributed by atoms with Gasteiger partial charge in [-0.1, -0.05) is 30.3 Å². The number of carbonyl (C=O) groups excluding carboxylic acids is 1. The molecule has 1 amide bonds. The van der Waals surface area contributed by atoms with Gasteiger partial charge in [-0.3, -0.25) is 4.79 Å². The second kappa shape index (κ2) is 10.0.